The normalized spacial score (nSPS) is 20.0. The van der Waals surface area contributed by atoms with Crippen molar-refractivity contribution in [3.05, 3.63) is 11.2 Å². The van der Waals surface area contributed by atoms with Crippen LogP contribution in [0.2, 0.25) is 5.15 Å². The molecule has 1 aliphatic heterocycles. The van der Waals surface area contributed by atoms with E-state index < -0.39 is 0 Å². The van der Waals surface area contributed by atoms with Crippen LogP contribution in [0, 0.1) is 0 Å². The largest absolute Gasteiger partial charge is 0.484 e. The Bertz CT molecular complexity index is 321. The van der Waals surface area contributed by atoms with Crippen molar-refractivity contribution >= 4 is 11.6 Å². The molecule has 0 radical (unpaired) electrons. The second-order valence-electron chi connectivity index (χ2n) is 2.62. The first-order valence-corrected chi connectivity index (χ1v) is 4.20. The van der Waals surface area contributed by atoms with Gasteiger partial charge in [-0.05, 0) is 0 Å². The third kappa shape index (κ3) is 1.66. The zero-order valence-corrected chi connectivity index (χ0v) is 7.49. The Labute approximate surface area is 79.8 Å². The van der Waals surface area contributed by atoms with Crippen LogP contribution in [0.3, 0.4) is 0 Å². The fourth-order valence-electron chi connectivity index (χ4n) is 1.02. The number of fused-ring (bicyclic) bond motifs is 1. The summed E-state index contributed by atoms with van der Waals surface area (Å²) >= 11 is 5.61. The van der Waals surface area contributed by atoms with Crippen molar-refractivity contribution in [2.75, 3.05) is 13.2 Å². The molecule has 13 heavy (non-hydrogen) atoms. The van der Waals surface area contributed by atoms with E-state index in [0.29, 0.717) is 24.8 Å². The lowest BCUT2D eigenvalue weighted by Crippen LogP contribution is -2.36. The summed E-state index contributed by atoms with van der Waals surface area (Å²) in [5.74, 6) is 0.871. The summed E-state index contributed by atoms with van der Waals surface area (Å²) in [7, 11) is 0. The Morgan fingerprint density at radius 2 is 2.46 bits per heavy atom. The fraction of sp³-hybridized carbons (Fsp3) is 0.429. The van der Waals surface area contributed by atoms with Gasteiger partial charge < -0.3 is 15.2 Å². The Kier molecular flexibility index (Phi) is 2.20. The molecule has 2 rings (SSSR count). The van der Waals surface area contributed by atoms with E-state index in [4.69, 9.17) is 26.8 Å². The number of halogens is 1. The average molecular weight is 202 g/mol. The Hall–Kier alpha value is -1.07. The summed E-state index contributed by atoms with van der Waals surface area (Å²) < 4.78 is 10.7. The molecular formula is C7H8ClN3O2. The van der Waals surface area contributed by atoms with Gasteiger partial charge >= 0.3 is 0 Å². The van der Waals surface area contributed by atoms with Crippen molar-refractivity contribution in [1.29, 1.82) is 0 Å². The van der Waals surface area contributed by atoms with Crippen LogP contribution in [0.5, 0.6) is 11.6 Å². The molecule has 2 heterocycles. The van der Waals surface area contributed by atoms with Crippen molar-refractivity contribution in [1.82, 2.24) is 10.2 Å². The van der Waals surface area contributed by atoms with Crippen LogP contribution in [-0.4, -0.2) is 29.5 Å². The van der Waals surface area contributed by atoms with Gasteiger partial charge in [0.15, 0.2) is 10.9 Å². The minimum Gasteiger partial charge on any atom is -0.484 e. The molecule has 6 heteroatoms. The predicted molar refractivity (Wildman–Crippen MR) is 46.0 cm³/mol. The molecule has 0 aliphatic carbocycles. The Morgan fingerprint density at radius 1 is 1.62 bits per heavy atom. The monoisotopic (exact) mass is 201 g/mol. The third-order valence-corrected chi connectivity index (χ3v) is 1.85. The zero-order chi connectivity index (χ0) is 9.26. The van der Waals surface area contributed by atoms with Gasteiger partial charge in [-0.1, -0.05) is 11.6 Å². The number of aromatic nitrogens is 2. The molecular weight excluding hydrogens is 194 g/mol. The van der Waals surface area contributed by atoms with E-state index in [1.807, 2.05) is 0 Å². The van der Waals surface area contributed by atoms with Gasteiger partial charge in [-0.2, -0.15) is 0 Å². The molecule has 0 fully saturated rings. The van der Waals surface area contributed by atoms with E-state index in [1.165, 1.54) is 0 Å². The minimum absolute atomic E-state index is 0.150. The summed E-state index contributed by atoms with van der Waals surface area (Å²) in [4.78, 5) is 0. The molecule has 70 valence electrons. The first kappa shape index (κ1) is 8.52. The molecule has 1 aliphatic rings. The first-order chi connectivity index (χ1) is 6.29. The molecule has 0 spiro atoms. The standard InChI is InChI=1S/C7H8ClN3O2/c8-6-1-5-7(11-10-6)13-4(2-9)3-12-5/h1,4H,2-3,9H2/t4-/m0/s1. The number of hydrogen-bond donors (Lipinski definition) is 1. The van der Waals surface area contributed by atoms with Crippen LogP contribution < -0.4 is 15.2 Å². The van der Waals surface area contributed by atoms with Crippen molar-refractivity contribution in [3.63, 3.8) is 0 Å². The molecule has 1 aromatic rings. The number of ether oxygens (including phenoxy) is 2. The maximum Gasteiger partial charge on any atom is 0.276 e. The van der Waals surface area contributed by atoms with Crippen LogP contribution in [0.15, 0.2) is 6.07 Å². The van der Waals surface area contributed by atoms with E-state index in [-0.39, 0.29) is 11.3 Å². The van der Waals surface area contributed by atoms with Gasteiger partial charge in [0.25, 0.3) is 5.88 Å². The molecule has 0 aromatic carbocycles. The van der Waals surface area contributed by atoms with Gasteiger partial charge in [0.2, 0.25) is 0 Å². The number of nitrogens with two attached hydrogens (primary N) is 1. The predicted octanol–water partition coefficient (Wildman–Crippen LogP) is 0.228. The Morgan fingerprint density at radius 3 is 3.23 bits per heavy atom. The van der Waals surface area contributed by atoms with Gasteiger partial charge in [-0.3, -0.25) is 0 Å². The maximum atomic E-state index is 5.61. The molecule has 1 aromatic heterocycles. The van der Waals surface area contributed by atoms with Crippen molar-refractivity contribution < 1.29 is 9.47 Å². The van der Waals surface area contributed by atoms with Gasteiger partial charge in [-0.15, -0.1) is 10.2 Å². The minimum atomic E-state index is -0.150. The van der Waals surface area contributed by atoms with Crippen molar-refractivity contribution in [3.8, 4) is 11.6 Å². The summed E-state index contributed by atoms with van der Waals surface area (Å²) in [6, 6.07) is 1.57. The molecule has 0 amide bonds. The van der Waals surface area contributed by atoms with E-state index in [1.54, 1.807) is 6.07 Å². The van der Waals surface area contributed by atoms with Gasteiger partial charge in [0.05, 0.1) is 0 Å². The third-order valence-electron chi connectivity index (χ3n) is 1.66. The highest BCUT2D eigenvalue weighted by Crippen LogP contribution is 2.29. The molecule has 0 bridgehead atoms. The van der Waals surface area contributed by atoms with Gasteiger partial charge in [0, 0.05) is 12.6 Å². The highest BCUT2D eigenvalue weighted by atomic mass is 35.5. The summed E-state index contributed by atoms with van der Waals surface area (Å²) in [5.41, 5.74) is 5.41. The molecule has 0 unspecified atom stereocenters. The summed E-state index contributed by atoms with van der Waals surface area (Å²) in [6.07, 6.45) is -0.150. The lowest BCUT2D eigenvalue weighted by molar-refractivity contribution is 0.0891. The first-order valence-electron chi connectivity index (χ1n) is 3.82. The summed E-state index contributed by atoms with van der Waals surface area (Å²) in [5, 5.41) is 7.65. The quantitative estimate of drug-likeness (QED) is 0.704. The number of hydrogen-bond acceptors (Lipinski definition) is 5. The van der Waals surface area contributed by atoms with E-state index in [2.05, 4.69) is 10.2 Å². The molecule has 5 nitrogen and oxygen atoms in total. The van der Waals surface area contributed by atoms with E-state index in [0.717, 1.165) is 0 Å². The molecule has 1 atom stereocenters. The second kappa shape index (κ2) is 3.35. The lowest BCUT2D eigenvalue weighted by Gasteiger charge is -2.23. The highest BCUT2D eigenvalue weighted by Gasteiger charge is 2.21. The van der Waals surface area contributed by atoms with Crippen molar-refractivity contribution in [2.24, 2.45) is 5.73 Å². The van der Waals surface area contributed by atoms with Crippen LogP contribution in [0.4, 0.5) is 0 Å². The lowest BCUT2D eigenvalue weighted by atomic mass is 10.3. The Balaban J connectivity index is 2.26. The van der Waals surface area contributed by atoms with Gasteiger partial charge in [-0.25, -0.2) is 0 Å². The fourth-order valence-corrected chi connectivity index (χ4v) is 1.15. The van der Waals surface area contributed by atoms with Crippen LogP contribution in [-0.2, 0) is 0 Å². The second-order valence-corrected chi connectivity index (χ2v) is 3.01. The zero-order valence-electron chi connectivity index (χ0n) is 6.74. The molecule has 2 N–H and O–H groups in total. The smallest absolute Gasteiger partial charge is 0.276 e. The van der Waals surface area contributed by atoms with Crippen molar-refractivity contribution in [2.45, 2.75) is 6.10 Å². The number of rotatable bonds is 1. The molecule has 0 saturated heterocycles. The topological polar surface area (TPSA) is 70.3 Å². The maximum absolute atomic E-state index is 5.61. The molecule has 0 saturated carbocycles. The van der Waals surface area contributed by atoms with Crippen LogP contribution in [0.1, 0.15) is 0 Å². The van der Waals surface area contributed by atoms with E-state index >= 15 is 0 Å². The van der Waals surface area contributed by atoms with Gasteiger partial charge in [0.1, 0.15) is 12.7 Å². The summed E-state index contributed by atoms with van der Waals surface area (Å²) in [6.45, 7) is 0.815. The average Bonchev–Trinajstić information content (AvgIpc) is 2.17. The van der Waals surface area contributed by atoms with E-state index in [9.17, 15) is 0 Å². The van der Waals surface area contributed by atoms with Crippen LogP contribution in [0.25, 0.3) is 0 Å². The number of nitrogens with zero attached hydrogens (tertiary/aromatic N) is 2. The SMILES string of the molecule is NC[C@H]1COc2cc(Cl)nnc2O1. The highest BCUT2D eigenvalue weighted by molar-refractivity contribution is 6.29. The van der Waals surface area contributed by atoms with Crippen LogP contribution >= 0.6 is 11.6 Å².